The van der Waals surface area contributed by atoms with Crippen LogP contribution in [0.15, 0.2) is 33.9 Å². The summed E-state index contributed by atoms with van der Waals surface area (Å²) in [6.07, 6.45) is 3.86. The maximum Gasteiger partial charge on any atom is 0.286 e. The molecule has 0 spiro atoms. The molecular weight excluding hydrogens is 494 g/mol. The van der Waals surface area contributed by atoms with Gasteiger partial charge >= 0.3 is 0 Å². The summed E-state index contributed by atoms with van der Waals surface area (Å²) in [6.45, 7) is 4.75. The van der Waals surface area contributed by atoms with Gasteiger partial charge in [0.15, 0.2) is 0 Å². The van der Waals surface area contributed by atoms with Gasteiger partial charge in [-0.2, -0.15) is 0 Å². The highest BCUT2D eigenvalue weighted by atomic mass is 32.2. The lowest BCUT2D eigenvalue weighted by Gasteiger charge is -2.37. The van der Waals surface area contributed by atoms with E-state index in [1.807, 2.05) is 32.8 Å². The fourth-order valence-electron chi connectivity index (χ4n) is 4.30. The molecule has 1 atom stereocenters. The predicted octanol–water partition coefficient (Wildman–Crippen LogP) is 3.28. The smallest absolute Gasteiger partial charge is 0.286 e. The minimum Gasteiger partial charge on any atom is -0.508 e. The van der Waals surface area contributed by atoms with Crippen LogP contribution in [0.3, 0.4) is 0 Å². The molecule has 1 unspecified atom stereocenters. The third-order valence-corrected chi connectivity index (χ3v) is 7.13. The average Bonchev–Trinajstić information content (AvgIpc) is 3.32. The molecular formula is C26H37N5O5S. The molecule has 1 aliphatic rings. The van der Waals surface area contributed by atoms with Crippen LogP contribution < -0.4 is 10.6 Å². The summed E-state index contributed by atoms with van der Waals surface area (Å²) >= 11 is 1.37. The third-order valence-electron chi connectivity index (χ3n) is 6.33. The largest absolute Gasteiger partial charge is 0.508 e. The van der Waals surface area contributed by atoms with Crippen molar-refractivity contribution in [2.45, 2.75) is 69.2 Å². The summed E-state index contributed by atoms with van der Waals surface area (Å²) in [6, 6.07) is 5.01. The van der Waals surface area contributed by atoms with E-state index >= 15 is 0 Å². The Bertz CT molecular complexity index is 1060. The Hall–Kier alpha value is -2.92. The fraction of sp³-hybridized carbons (Fsp3) is 0.577. The number of carbonyl (C=O) groups excluding carboxylic acids is 3. The average molecular weight is 532 g/mol. The number of aromatic nitrogens is 2. The Kier molecular flexibility index (Phi) is 10.1. The van der Waals surface area contributed by atoms with Crippen molar-refractivity contribution in [3.05, 3.63) is 35.7 Å². The first-order chi connectivity index (χ1) is 17.6. The van der Waals surface area contributed by atoms with Gasteiger partial charge in [0.05, 0.1) is 6.04 Å². The van der Waals surface area contributed by atoms with Crippen LogP contribution in [0.4, 0.5) is 0 Å². The molecule has 2 aromatic rings. The van der Waals surface area contributed by atoms with Crippen LogP contribution in [0.25, 0.3) is 0 Å². The number of carbonyl (C=O) groups is 3. The number of hydrogen-bond donors (Lipinski definition) is 3. The Morgan fingerprint density at radius 3 is 2.41 bits per heavy atom. The van der Waals surface area contributed by atoms with Crippen LogP contribution in [0.2, 0.25) is 0 Å². The van der Waals surface area contributed by atoms with E-state index in [0.29, 0.717) is 30.0 Å². The minimum absolute atomic E-state index is 0.0528. The third kappa shape index (κ3) is 8.03. The topological polar surface area (TPSA) is 138 Å². The van der Waals surface area contributed by atoms with Crippen molar-refractivity contribution < 1.29 is 23.9 Å². The molecule has 0 saturated heterocycles. The standard InChI is InChI=1S/C26H37N5O5S/c1-17(2)16-20(21(33)23-29-30-25(36-23)37-15-14-31(3)4)27-24(35)26(12-6-5-7-13-26)28-22(34)18-8-10-19(32)11-9-18/h8-11,17,20,32H,5-7,12-16H2,1-4H3,(H,27,35)(H,28,34). The zero-order valence-corrected chi connectivity index (χ0v) is 22.8. The first-order valence-electron chi connectivity index (χ1n) is 12.7. The van der Waals surface area contributed by atoms with E-state index in [1.54, 1.807) is 0 Å². The van der Waals surface area contributed by atoms with Gasteiger partial charge in [0.1, 0.15) is 11.3 Å². The number of phenols is 1. The number of rotatable bonds is 12. The van der Waals surface area contributed by atoms with E-state index in [1.165, 1.54) is 36.0 Å². The van der Waals surface area contributed by atoms with Gasteiger partial charge in [0, 0.05) is 17.9 Å². The highest BCUT2D eigenvalue weighted by Crippen LogP contribution is 2.30. The molecule has 1 aromatic heterocycles. The summed E-state index contributed by atoms with van der Waals surface area (Å²) in [5, 5.41) is 23.6. The van der Waals surface area contributed by atoms with Gasteiger partial charge in [0.25, 0.3) is 17.0 Å². The van der Waals surface area contributed by atoms with Crippen LogP contribution in [-0.4, -0.2) is 75.8 Å². The zero-order valence-electron chi connectivity index (χ0n) is 22.0. The quantitative estimate of drug-likeness (QED) is 0.278. The molecule has 1 fully saturated rings. The zero-order chi connectivity index (χ0) is 27.0. The molecule has 37 heavy (non-hydrogen) atoms. The van der Waals surface area contributed by atoms with Crippen LogP contribution >= 0.6 is 11.8 Å². The molecule has 3 rings (SSSR count). The second-order valence-corrected chi connectivity index (χ2v) is 11.2. The van der Waals surface area contributed by atoms with Gasteiger partial charge in [-0.3, -0.25) is 14.4 Å². The lowest BCUT2D eigenvalue weighted by molar-refractivity contribution is -0.129. The maximum atomic E-state index is 13.7. The molecule has 10 nitrogen and oxygen atoms in total. The summed E-state index contributed by atoms with van der Waals surface area (Å²) in [7, 11) is 3.93. The molecule has 11 heteroatoms. The molecule has 202 valence electrons. The number of ketones is 1. The number of thioether (sulfide) groups is 1. The first-order valence-corrected chi connectivity index (χ1v) is 13.7. The van der Waals surface area contributed by atoms with E-state index in [9.17, 15) is 19.5 Å². The maximum absolute atomic E-state index is 13.7. The Morgan fingerprint density at radius 1 is 1.11 bits per heavy atom. The van der Waals surface area contributed by atoms with Crippen molar-refractivity contribution >= 4 is 29.4 Å². The van der Waals surface area contributed by atoms with Crippen LogP contribution in [0.1, 0.15) is 73.4 Å². The molecule has 0 bridgehead atoms. The predicted molar refractivity (Wildman–Crippen MR) is 141 cm³/mol. The number of phenolic OH excluding ortho intramolecular Hbond substituents is 1. The Morgan fingerprint density at radius 2 is 1.78 bits per heavy atom. The van der Waals surface area contributed by atoms with Gasteiger partial charge < -0.3 is 25.1 Å². The summed E-state index contributed by atoms with van der Waals surface area (Å²) in [5.74, 6) is -0.470. The van der Waals surface area contributed by atoms with E-state index < -0.39 is 29.2 Å². The monoisotopic (exact) mass is 531 g/mol. The van der Waals surface area contributed by atoms with Crippen molar-refractivity contribution in [3.8, 4) is 5.75 Å². The van der Waals surface area contributed by atoms with Crippen molar-refractivity contribution in [1.82, 2.24) is 25.7 Å². The lowest BCUT2D eigenvalue weighted by atomic mass is 9.80. The number of Topliss-reactive ketones (excluding diaryl/α,β-unsaturated/α-hetero) is 1. The molecule has 0 radical (unpaired) electrons. The molecule has 1 aromatic carbocycles. The van der Waals surface area contributed by atoms with Gasteiger partial charge in [-0.15, -0.1) is 10.2 Å². The number of hydrogen-bond acceptors (Lipinski definition) is 9. The lowest BCUT2D eigenvalue weighted by Crippen LogP contribution is -2.62. The van der Waals surface area contributed by atoms with Crippen LogP contribution in [0, 0.1) is 5.92 Å². The number of nitrogens with one attached hydrogen (secondary N) is 2. The first kappa shape index (κ1) is 28.6. The fourth-order valence-corrected chi connectivity index (χ4v) is 5.17. The van der Waals surface area contributed by atoms with Crippen LogP contribution in [-0.2, 0) is 4.79 Å². The minimum atomic E-state index is -1.13. The van der Waals surface area contributed by atoms with Gasteiger partial charge in [0.2, 0.25) is 11.7 Å². The van der Waals surface area contributed by atoms with Crippen molar-refractivity contribution in [2.24, 2.45) is 5.92 Å². The molecule has 1 saturated carbocycles. The van der Waals surface area contributed by atoms with Crippen LogP contribution in [0.5, 0.6) is 5.75 Å². The number of amides is 2. The Labute approximate surface area is 222 Å². The number of benzene rings is 1. The highest BCUT2D eigenvalue weighted by Gasteiger charge is 2.43. The van der Waals surface area contributed by atoms with E-state index in [4.69, 9.17) is 4.42 Å². The summed E-state index contributed by atoms with van der Waals surface area (Å²) in [5.41, 5.74) is -0.791. The molecule has 1 aliphatic carbocycles. The van der Waals surface area contributed by atoms with E-state index in [0.717, 1.165) is 31.6 Å². The summed E-state index contributed by atoms with van der Waals surface area (Å²) < 4.78 is 5.61. The molecule has 1 heterocycles. The summed E-state index contributed by atoms with van der Waals surface area (Å²) in [4.78, 5) is 42.1. The Balaban J connectivity index is 1.76. The second kappa shape index (κ2) is 13.0. The van der Waals surface area contributed by atoms with Gasteiger partial charge in [-0.05, 0) is 63.5 Å². The van der Waals surface area contributed by atoms with Crippen molar-refractivity contribution in [1.29, 1.82) is 0 Å². The van der Waals surface area contributed by atoms with E-state index in [2.05, 4.69) is 20.8 Å². The molecule has 0 aliphatic heterocycles. The second-order valence-electron chi connectivity index (χ2n) is 10.2. The van der Waals surface area contributed by atoms with Crippen molar-refractivity contribution in [3.63, 3.8) is 0 Å². The number of aromatic hydroxyl groups is 1. The van der Waals surface area contributed by atoms with E-state index in [-0.39, 0.29) is 17.6 Å². The van der Waals surface area contributed by atoms with Gasteiger partial charge in [-0.1, -0.05) is 44.9 Å². The number of nitrogens with zero attached hydrogens (tertiary/aromatic N) is 3. The SMILES string of the molecule is CC(C)CC(NC(=O)C1(NC(=O)c2ccc(O)cc2)CCCCC1)C(=O)c1nnc(SCCN(C)C)o1. The normalized spacial score (nSPS) is 15.9. The highest BCUT2D eigenvalue weighted by molar-refractivity contribution is 7.99. The molecule has 2 amide bonds. The van der Waals surface area contributed by atoms with Gasteiger partial charge in [-0.25, -0.2) is 0 Å². The van der Waals surface area contributed by atoms with Crippen molar-refractivity contribution in [2.75, 3.05) is 26.4 Å². The molecule has 3 N–H and O–H groups in total.